The van der Waals surface area contributed by atoms with Crippen LogP contribution in [-0.2, 0) is 0 Å². The molecule has 0 spiro atoms. The van der Waals surface area contributed by atoms with E-state index in [9.17, 15) is 0 Å². The van der Waals surface area contributed by atoms with E-state index in [1.165, 1.54) is 5.39 Å². The summed E-state index contributed by atoms with van der Waals surface area (Å²) >= 11 is 0. The third-order valence-electron chi connectivity index (χ3n) is 5.14. The number of nitrogens with one attached hydrogen (secondary N) is 1. The molecule has 31 heavy (non-hydrogen) atoms. The van der Waals surface area contributed by atoms with Crippen LogP contribution in [0.3, 0.4) is 0 Å². The van der Waals surface area contributed by atoms with Crippen molar-refractivity contribution in [2.75, 3.05) is 13.2 Å². The molecule has 0 amide bonds. The summed E-state index contributed by atoms with van der Waals surface area (Å²) in [6.07, 6.45) is 8.08. The second kappa shape index (κ2) is 8.44. The van der Waals surface area contributed by atoms with E-state index >= 15 is 0 Å². The van der Waals surface area contributed by atoms with Gasteiger partial charge in [0, 0.05) is 70.7 Å². The summed E-state index contributed by atoms with van der Waals surface area (Å²) in [5, 5.41) is 2.30. The minimum Gasteiger partial charge on any atom is -0.478 e. The van der Waals surface area contributed by atoms with Gasteiger partial charge in [-0.3, -0.25) is 4.98 Å². The fraction of sp³-hybridized carbons (Fsp3) is 0.160. The fourth-order valence-corrected chi connectivity index (χ4v) is 3.51. The Morgan fingerprint density at radius 1 is 0.742 bits per heavy atom. The fourth-order valence-electron chi connectivity index (χ4n) is 3.51. The number of hydrogen-bond donors (Lipinski definition) is 1. The van der Waals surface area contributed by atoms with Gasteiger partial charge in [-0.05, 0) is 36.2 Å². The summed E-state index contributed by atoms with van der Waals surface area (Å²) in [6, 6.07) is 16.2. The van der Waals surface area contributed by atoms with Gasteiger partial charge in [0.05, 0.1) is 13.2 Å². The molecule has 4 aromatic heterocycles. The highest BCUT2D eigenvalue weighted by molar-refractivity contribution is 6.07. The van der Waals surface area contributed by atoms with Crippen molar-refractivity contribution < 1.29 is 9.47 Å². The van der Waals surface area contributed by atoms with E-state index in [-0.39, 0.29) is 0 Å². The number of nitrogens with zero attached hydrogens (tertiary/aromatic N) is 3. The van der Waals surface area contributed by atoms with Crippen molar-refractivity contribution in [1.29, 1.82) is 0 Å². The number of aromatic amines is 1. The molecule has 154 valence electrons. The lowest BCUT2D eigenvalue weighted by Crippen LogP contribution is -2.06. The highest BCUT2D eigenvalue weighted by Gasteiger charge is 2.07. The molecule has 5 aromatic rings. The van der Waals surface area contributed by atoms with Crippen LogP contribution in [0.5, 0.6) is 11.8 Å². The van der Waals surface area contributed by atoms with E-state index in [2.05, 4.69) is 38.1 Å². The molecule has 0 fully saturated rings. The van der Waals surface area contributed by atoms with Gasteiger partial charge >= 0.3 is 0 Å². The molecule has 0 bridgehead atoms. The van der Waals surface area contributed by atoms with Gasteiger partial charge in [0.2, 0.25) is 11.8 Å². The second-order valence-corrected chi connectivity index (χ2v) is 7.42. The smallest absolute Gasteiger partial charge is 0.213 e. The lowest BCUT2D eigenvalue weighted by Gasteiger charge is -2.08. The Hall–Kier alpha value is -3.93. The Balaban J connectivity index is 1.19. The van der Waals surface area contributed by atoms with Gasteiger partial charge in [0.1, 0.15) is 0 Å². The van der Waals surface area contributed by atoms with E-state index in [4.69, 9.17) is 9.47 Å². The van der Waals surface area contributed by atoms with Crippen LogP contribution >= 0.6 is 0 Å². The van der Waals surface area contributed by atoms with E-state index in [1.807, 2.05) is 49.6 Å². The molecule has 0 aliphatic carbocycles. The lowest BCUT2D eigenvalue weighted by molar-refractivity contribution is 0.237. The van der Waals surface area contributed by atoms with Crippen molar-refractivity contribution in [1.82, 2.24) is 19.9 Å². The first kappa shape index (κ1) is 19.1. The average molecular weight is 410 g/mol. The maximum atomic E-state index is 5.74. The molecule has 0 radical (unpaired) electrons. The average Bonchev–Trinajstić information content (AvgIpc) is 3.18. The van der Waals surface area contributed by atoms with Gasteiger partial charge < -0.3 is 14.5 Å². The highest BCUT2D eigenvalue weighted by Crippen LogP contribution is 2.29. The van der Waals surface area contributed by atoms with E-state index in [0.717, 1.165) is 39.5 Å². The van der Waals surface area contributed by atoms with Crippen LogP contribution in [0.4, 0.5) is 0 Å². The standard InChI is InChI=1S/C25H22N4O2/c1-17-3-7-24(27-14-17)30-11-2-12-31-25-8-5-19(15-28-25)18-4-6-20-21-16-26-10-9-22(21)29-23(20)13-18/h3-10,13-16,29H,2,11-12H2,1H3. The van der Waals surface area contributed by atoms with Crippen molar-refractivity contribution in [2.24, 2.45) is 0 Å². The molecule has 1 aromatic carbocycles. The highest BCUT2D eigenvalue weighted by atomic mass is 16.5. The predicted molar refractivity (Wildman–Crippen MR) is 121 cm³/mol. The summed E-state index contributed by atoms with van der Waals surface area (Å²) < 4.78 is 11.4. The first-order valence-electron chi connectivity index (χ1n) is 10.3. The number of ether oxygens (including phenoxy) is 2. The van der Waals surface area contributed by atoms with Gasteiger partial charge in [-0.25, -0.2) is 9.97 Å². The molecule has 0 aliphatic heterocycles. The molecule has 0 aliphatic rings. The van der Waals surface area contributed by atoms with Crippen LogP contribution in [-0.4, -0.2) is 33.1 Å². The van der Waals surface area contributed by atoms with Gasteiger partial charge in [-0.2, -0.15) is 0 Å². The van der Waals surface area contributed by atoms with Gasteiger partial charge in [0.25, 0.3) is 0 Å². The number of fused-ring (bicyclic) bond motifs is 3. The summed E-state index contributed by atoms with van der Waals surface area (Å²) in [6.45, 7) is 3.09. The maximum absolute atomic E-state index is 5.74. The SMILES string of the molecule is Cc1ccc(OCCCOc2ccc(-c3ccc4c(c3)[nH]c3ccncc34)cn2)nc1. The zero-order valence-electron chi connectivity index (χ0n) is 17.2. The van der Waals surface area contributed by atoms with E-state index in [1.54, 1.807) is 12.4 Å². The van der Waals surface area contributed by atoms with Crippen LogP contribution in [0.2, 0.25) is 0 Å². The number of rotatable bonds is 7. The van der Waals surface area contributed by atoms with Gasteiger partial charge in [-0.15, -0.1) is 0 Å². The maximum Gasteiger partial charge on any atom is 0.213 e. The Kier molecular flexibility index (Phi) is 5.19. The van der Waals surface area contributed by atoms with E-state index < -0.39 is 0 Å². The van der Waals surface area contributed by atoms with Crippen LogP contribution in [0, 0.1) is 6.92 Å². The minimum atomic E-state index is 0.535. The molecule has 4 heterocycles. The Morgan fingerprint density at radius 3 is 2.26 bits per heavy atom. The zero-order chi connectivity index (χ0) is 21.0. The van der Waals surface area contributed by atoms with Crippen LogP contribution in [0.15, 0.2) is 73.3 Å². The molecule has 1 N–H and O–H groups in total. The number of aromatic nitrogens is 4. The predicted octanol–water partition coefficient (Wildman–Crippen LogP) is 5.33. The second-order valence-electron chi connectivity index (χ2n) is 7.42. The summed E-state index contributed by atoms with van der Waals surface area (Å²) in [7, 11) is 0. The van der Waals surface area contributed by atoms with Crippen molar-refractivity contribution in [2.45, 2.75) is 13.3 Å². The topological polar surface area (TPSA) is 72.9 Å². The number of pyridine rings is 3. The Morgan fingerprint density at radius 2 is 1.52 bits per heavy atom. The molecule has 0 atom stereocenters. The first-order valence-corrected chi connectivity index (χ1v) is 10.3. The number of hydrogen-bond acceptors (Lipinski definition) is 5. The number of benzene rings is 1. The minimum absolute atomic E-state index is 0.535. The van der Waals surface area contributed by atoms with Gasteiger partial charge in [0.15, 0.2) is 0 Å². The largest absolute Gasteiger partial charge is 0.478 e. The molecule has 0 saturated heterocycles. The van der Waals surface area contributed by atoms with Crippen LogP contribution < -0.4 is 9.47 Å². The normalized spacial score (nSPS) is 11.1. The van der Waals surface area contributed by atoms with Crippen LogP contribution in [0.25, 0.3) is 32.9 Å². The molecule has 5 rings (SSSR count). The summed E-state index contributed by atoms with van der Waals surface area (Å²) in [4.78, 5) is 16.3. The summed E-state index contributed by atoms with van der Waals surface area (Å²) in [5.41, 5.74) is 5.43. The number of aryl methyl sites for hydroxylation is 1. The molecule has 0 unspecified atom stereocenters. The molecule has 6 heteroatoms. The van der Waals surface area contributed by atoms with Crippen LogP contribution in [0.1, 0.15) is 12.0 Å². The summed E-state index contributed by atoms with van der Waals surface area (Å²) in [5.74, 6) is 1.24. The van der Waals surface area contributed by atoms with Crippen molar-refractivity contribution in [3.05, 3.63) is 78.9 Å². The monoisotopic (exact) mass is 410 g/mol. The lowest BCUT2D eigenvalue weighted by atomic mass is 10.1. The quantitative estimate of drug-likeness (QED) is 0.367. The molecular formula is C25H22N4O2. The third-order valence-corrected chi connectivity index (χ3v) is 5.14. The zero-order valence-corrected chi connectivity index (χ0v) is 17.2. The molecule has 0 saturated carbocycles. The van der Waals surface area contributed by atoms with Crippen molar-refractivity contribution >= 4 is 21.8 Å². The molecule has 6 nitrogen and oxygen atoms in total. The number of H-pyrrole nitrogens is 1. The Labute approximate surface area is 179 Å². The third kappa shape index (κ3) is 4.19. The molecular weight excluding hydrogens is 388 g/mol. The van der Waals surface area contributed by atoms with Crippen molar-refractivity contribution in [3.63, 3.8) is 0 Å². The van der Waals surface area contributed by atoms with Crippen molar-refractivity contribution in [3.8, 4) is 22.9 Å². The first-order chi connectivity index (χ1) is 15.3. The van der Waals surface area contributed by atoms with E-state index in [0.29, 0.717) is 25.0 Å². The Bertz CT molecular complexity index is 1310. The van der Waals surface area contributed by atoms with Gasteiger partial charge in [-0.1, -0.05) is 18.2 Å².